The highest BCUT2D eigenvalue weighted by Crippen LogP contribution is 2.23. The summed E-state index contributed by atoms with van der Waals surface area (Å²) in [6.07, 6.45) is 1.48. The largest absolute Gasteiger partial charge is 0.361 e. The highest BCUT2D eigenvalue weighted by atomic mass is 19.2. The van der Waals surface area contributed by atoms with E-state index in [1.807, 2.05) is 0 Å². The average Bonchev–Trinajstić information content (AvgIpc) is 2.49. The number of pyridine rings is 1. The van der Waals surface area contributed by atoms with Crippen LogP contribution in [0.15, 0.2) is 24.4 Å². The number of benzene rings is 1. The van der Waals surface area contributed by atoms with Crippen molar-refractivity contribution in [2.75, 3.05) is 24.3 Å². The van der Waals surface area contributed by atoms with E-state index in [4.69, 9.17) is 0 Å². The van der Waals surface area contributed by atoms with Crippen LogP contribution in [-0.2, 0) is 0 Å². The summed E-state index contributed by atoms with van der Waals surface area (Å²) in [5, 5.41) is 2.28. The Bertz CT molecular complexity index is 734. The Hall–Kier alpha value is -2.64. The van der Waals surface area contributed by atoms with Crippen molar-refractivity contribution >= 4 is 17.4 Å². The highest BCUT2D eigenvalue weighted by molar-refractivity contribution is 6.05. The molecule has 1 aromatic heterocycles. The van der Waals surface area contributed by atoms with Gasteiger partial charge >= 0.3 is 0 Å². The van der Waals surface area contributed by atoms with Gasteiger partial charge in [0.05, 0.1) is 11.3 Å². The lowest BCUT2D eigenvalue weighted by atomic mass is 10.1. The van der Waals surface area contributed by atoms with Crippen LogP contribution in [0.4, 0.5) is 29.1 Å². The second kappa shape index (κ2) is 6.00. The van der Waals surface area contributed by atoms with Crippen LogP contribution in [0, 0.1) is 23.3 Å². The predicted molar refractivity (Wildman–Crippen MR) is 72.8 cm³/mol. The summed E-state index contributed by atoms with van der Waals surface area (Å²) in [7, 11) is 3.33. The molecule has 1 heterocycles. The first kappa shape index (κ1) is 15.7. The molecule has 0 radical (unpaired) electrons. The molecular formula is C14H11F4N3O. The molecule has 0 unspecified atom stereocenters. The standard InChI is InChI=1S/C14H11F4N3O/c1-21(2)13-9(4-3-5-19-13)20-14(22)7-6-8(15)11(17)12(18)10(7)16/h3-6H,1-2H3,(H,20,22). The molecule has 4 nitrogen and oxygen atoms in total. The zero-order valence-electron chi connectivity index (χ0n) is 11.6. The van der Waals surface area contributed by atoms with Gasteiger partial charge in [-0.15, -0.1) is 0 Å². The van der Waals surface area contributed by atoms with Crippen molar-refractivity contribution in [2.24, 2.45) is 0 Å². The summed E-state index contributed by atoms with van der Waals surface area (Å²) in [4.78, 5) is 17.6. The van der Waals surface area contributed by atoms with Crippen LogP contribution in [-0.4, -0.2) is 25.0 Å². The molecule has 1 amide bonds. The average molecular weight is 313 g/mol. The zero-order valence-corrected chi connectivity index (χ0v) is 11.6. The molecule has 22 heavy (non-hydrogen) atoms. The van der Waals surface area contributed by atoms with Crippen LogP contribution < -0.4 is 10.2 Å². The fourth-order valence-corrected chi connectivity index (χ4v) is 1.78. The molecular weight excluding hydrogens is 302 g/mol. The summed E-state index contributed by atoms with van der Waals surface area (Å²) in [5.41, 5.74) is -0.730. The van der Waals surface area contributed by atoms with Crippen molar-refractivity contribution in [1.82, 2.24) is 4.98 Å². The van der Waals surface area contributed by atoms with Gasteiger partial charge in [0.2, 0.25) is 0 Å². The van der Waals surface area contributed by atoms with E-state index in [0.29, 0.717) is 11.9 Å². The third-order valence-electron chi connectivity index (χ3n) is 2.81. The van der Waals surface area contributed by atoms with Crippen LogP contribution >= 0.6 is 0 Å². The quantitative estimate of drug-likeness (QED) is 0.538. The number of hydrogen-bond donors (Lipinski definition) is 1. The lowest BCUT2D eigenvalue weighted by Gasteiger charge is -2.16. The van der Waals surface area contributed by atoms with Crippen LogP contribution in [0.5, 0.6) is 0 Å². The Morgan fingerprint density at radius 2 is 1.82 bits per heavy atom. The van der Waals surface area contributed by atoms with Crippen molar-refractivity contribution in [3.8, 4) is 0 Å². The minimum Gasteiger partial charge on any atom is -0.361 e. The predicted octanol–water partition coefficient (Wildman–Crippen LogP) is 2.96. The minimum atomic E-state index is -2.04. The summed E-state index contributed by atoms with van der Waals surface area (Å²) >= 11 is 0. The molecule has 116 valence electrons. The van der Waals surface area contributed by atoms with E-state index in [0.717, 1.165) is 0 Å². The Kier molecular flexibility index (Phi) is 4.30. The number of carbonyl (C=O) groups excluding carboxylic acids is 1. The molecule has 0 bridgehead atoms. The second-order valence-corrected chi connectivity index (χ2v) is 4.57. The van der Waals surface area contributed by atoms with Gasteiger partial charge < -0.3 is 10.2 Å². The number of amides is 1. The highest BCUT2D eigenvalue weighted by Gasteiger charge is 2.23. The topological polar surface area (TPSA) is 45.2 Å². The van der Waals surface area contributed by atoms with Crippen molar-refractivity contribution < 1.29 is 22.4 Å². The van der Waals surface area contributed by atoms with E-state index < -0.39 is 34.7 Å². The second-order valence-electron chi connectivity index (χ2n) is 4.57. The normalized spacial score (nSPS) is 10.5. The Morgan fingerprint density at radius 3 is 2.45 bits per heavy atom. The molecule has 2 rings (SSSR count). The monoisotopic (exact) mass is 313 g/mol. The van der Waals surface area contributed by atoms with Crippen LogP contribution in [0.2, 0.25) is 0 Å². The smallest absolute Gasteiger partial charge is 0.258 e. The van der Waals surface area contributed by atoms with Crippen molar-refractivity contribution in [2.45, 2.75) is 0 Å². The molecule has 1 N–H and O–H groups in total. The molecule has 8 heteroatoms. The van der Waals surface area contributed by atoms with E-state index in [2.05, 4.69) is 10.3 Å². The van der Waals surface area contributed by atoms with Gasteiger partial charge in [-0.1, -0.05) is 0 Å². The van der Waals surface area contributed by atoms with Gasteiger partial charge in [-0.2, -0.15) is 0 Å². The fourth-order valence-electron chi connectivity index (χ4n) is 1.78. The van der Waals surface area contributed by atoms with Gasteiger partial charge in [-0.25, -0.2) is 22.5 Å². The minimum absolute atomic E-state index is 0.210. The van der Waals surface area contributed by atoms with Crippen molar-refractivity contribution in [1.29, 1.82) is 0 Å². The van der Waals surface area contributed by atoms with Gasteiger partial charge in [-0.05, 0) is 18.2 Å². The van der Waals surface area contributed by atoms with Gasteiger partial charge in [0.25, 0.3) is 5.91 Å². The molecule has 1 aromatic carbocycles. The van der Waals surface area contributed by atoms with Gasteiger partial charge in [0.15, 0.2) is 29.1 Å². The number of rotatable bonds is 3. The first-order chi connectivity index (χ1) is 10.3. The number of carbonyl (C=O) groups is 1. The summed E-state index contributed by atoms with van der Waals surface area (Å²) in [6, 6.07) is 3.30. The summed E-state index contributed by atoms with van der Waals surface area (Å²) in [5.74, 6) is -8.17. The molecule has 0 aliphatic rings. The number of nitrogens with one attached hydrogen (secondary N) is 1. The number of hydrogen-bond acceptors (Lipinski definition) is 3. The molecule has 0 atom stereocenters. The first-order valence-electron chi connectivity index (χ1n) is 6.09. The van der Waals surface area contributed by atoms with E-state index in [1.54, 1.807) is 19.0 Å². The van der Waals surface area contributed by atoms with Gasteiger partial charge in [0.1, 0.15) is 0 Å². The van der Waals surface area contributed by atoms with E-state index >= 15 is 0 Å². The molecule has 0 aliphatic heterocycles. The SMILES string of the molecule is CN(C)c1ncccc1NC(=O)c1cc(F)c(F)c(F)c1F. The maximum absolute atomic E-state index is 13.6. The van der Waals surface area contributed by atoms with E-state index in [1.165, 1.54) is 18.3 Å². The van der Waals surface area contributed by atoms with Crippen molar-refractivity contribution in [3.63, 3.8) is 0 Å². The number of halogens is 4. The van der Waals surface area contributed by atoms with E-state index in [-0.39, 0.29) is 5.69 Å². The molecule has 0 fully saturated rings. The van der Waals surface area contributed by atoms with E-state index in [9.17, 15) is 22.4 Å². The van der Waals surface area contributed by atoms with Crippen LogP contribution in [0.25, 0.3) is 0 Å². The fraction of sp³-hybridized carbons (Fsp3) is 0.143. The summed E-state index contributed by atoms with van der Waals surface area (Å²) in [6.45, 7) is 0. The van der Waals surface area contributed by atoms with Gasteiger partial charge in [-0.3, -0.25) is 4.79 Å². The molecule has 0 saturated heterocycles. The molecule has 0 saturated carbocycles. The van der Waals surface area contributed by atoms with Crippen LogP contribution in [0.3, 0.4) is 0 Å². The Balaban J connectivity index is 2.39. The third-order valence-corrected chi connectivity index (χ3v) is 2.81. The Morgan fingerprint density at radius 1 is 1.14 bits per heavy atom. The number of nitrogens with zero attached hydrogens (tertiary/aromatic N) is 2. The Labute approximate surface area is 123 Å². The third kappa shape index (κ3) is 2.85. The lowest BCUT2D eigenvalue weighted by molar-refractivity contribution is 0.102. The number of anilines is 2. The van der Waals surface area contributed by atoms with Crippen molar-refractivity contribution in [3.05, 3.63) is 53.2 Å². The maximum atomic E-state index is 13.6. The molecule has 0 aliphatic carbocycles. The maximum Gasteiger partial charge on any atom is 0.258 e. The molecule has 2 aromatic rings. The summed E-state index contributed by atoms with van der Waals surface area (Å²) < 4.78 is 52.8. The number of aromatic nitrogens is 1. The zero-order chi connectivity index (χ0) is 16.4. The molecule has 0 spiro atoms. The lowest BCUT2D eigenvalue weighted by Crippen LogP contribution is -2.19. The first-order valence-corrected chi connectivity index (χ1v) is 6.09. The van der Waals surface area contributed by atoms with Crippen LogP contribution in [0.1, 0.15) is 10.4 Å². The van der Waals surface area contributed by atoms with Gasteiger partial charge in [0, 0.05) is 20.3 Å².